The van der Waals surface area contributed by atoms with E-state index in [4.69, 9.17) is 27.6 Å². The molecule has 4 nitrogen and oxygen atoms in total. The van der Waals surface area contributed by atoms with Crippen LogP contribution >= 0.6 is 23.2 Å². The van der Waals surface area contributed by atoms with E-state index >= 15 is 0 Å². The smallest absolute Gasteiger partial charge is 0.288 e. The number of amides is 1. The normalized spacial score (nSPS) is 16.1. The highest BCUT2D eigenvalue weighted by atomic mass is 35.5. The molecule has 0 saturated carbocycles. The molecule has 0 saturated heterocycles. The van der Waals surface area contributed by atoms with E-state index in [-0.39, 0.29) is 11.2 Å². The molecule has 0 fully saturated rings. The zero-order valence-corrected chi connectivity index (χ0v) is 14.7. The Morgan fingerprint density at radius 1 is 1.08 bits per heavy atom. The highest BCUT2D eigenvalue weighted by Crippen LogP contribution is 2.33. The zero-order chi connectivity index (χ0) is 17.7. The minimum Gasteiger partial charge on any atom is -0.450 e. The van der Waals surface area contributed by atoms with Crippen molar-refractivity contribution in [3.63, 3.8) is 0 Å². The van der Waals surface area contributed by atoms with Gasteiger partial charge in [-0.2, -0.15) is 0 Å². The van der Waals surface area contributed by atoms with Crippen molar-refractivity contribution in [3.8, 4) is 0 Å². The molecule has 0 aliphatic carbocycles. The Bertz CT molecular complexity index is 1090. The fourth-order valence-corrected chi connectivity index (χ4v) is 3.42. The second-order valence-electron chi connectivity index (χ2n) is 5.94. The fourth-order valence-electron chi connectivity index (χ4n) is 3.12. The summed E-state index contributed by atoms with van der Waals surface area (Å²) >= 11 is 12.0. The number of carbonyl (C=O) groups is 1. The Kier molecular flexibility index (Phi) is 3.82. The van der Waals surface area contributed by atoms with Crippen molar-refractivity contribution >= 4 is 40.1 Å². The highest BCUT2D eigenvalue weighted by Gasteiger charge is 2.36. The fraction of sp³-hybridized carbons (Fsp3) is 0.158. The first-order valence-electron chi connectivity index (χ1n) is 7.85. The van der Waals surface area contributed by atoms with E-state index < -0.39 is 11.9 Å². The number of hydrogen-bond donors (Lipinski definition) is 1. The molecule has 4 rings (SSSR count). The summed E-state index contributed by atoms with van der Waals surface area (Å²) in [6.45, 7) is 2.01. The number of benzene rings is 2. The molecule has 1 amide bonds. The molecule has 1 atom stereocenters. The van der Waals surface area contributed by atoms with Crippen LogP contribution < -0.4 is 10.7 Å². The van der Waals surface area contributed by atoms with Crippen LogP contribution in [0.5, 0.6) is 0 Å². The van der Waals surface area contributed by atoms with Crippen LogP contribution in [0.15, 0.2) is 45.6 Å². The molecular weight excluding hydrogens is 361 g/mol. The summed E-state index contributed by atoms with van der Waals surface area (Å²) < 4.78 is 5.73. The van der Waals surface area contributed by atoms with Crippen molar-refractivity contribution in [2.24, 2.45) is 0 Å². The SMILES string of the molecule is CCc1ccc2oc3c(c(=O)c2c1)C(c1ccc(Cl)c(Cl)c1)NC3=O. The third-order valence-corrected chi connectivity index (χ3v) is 5.18. The number of fused-ring (bicyclic) bond motifs is 2. The van der Waals surface area contributed by atoms with Crippen LogP contribution in [0.2, 0.25) is 10.0 Å². The molecule has 0 bridgehead atoms. The summed E-state index contributed by atoms with van der Waals surface area (Å²) in [4.78, 5) is 25.4. The van der Waals surface area contributed by atoms with Crippen molar-refractivity contribution in [3.05, 3.63) is 79.1 Å². The van der Waals surface area contributed by atoms with Crippen LogP contribution in [0.25, 0.3) is 11.0 Å². The van der Waals surface area contributed by atoms with Crippen LogP contribution in [0.4, 0.5) is 0 Å². The lowest BCUT2D eigenvalue weighted by Crippen LogP contribution is -2.21. The Morgan fingerprint density at radius 2 is 1.88 bits per heavy atom. The molecule has 1 N–H and O–H groups in total. The van der Waals surface area contributed by atoms with Gasteiger partial charge in [0, 0.05) is 0 Å². The average Bonchev–Trinajstić information content (AvgIpc) is 2.94. The van der Waals surface area contributed by atoms with Gasteiger partial charge in [0.05, 0.1) is 27.0 Å². The van der Waals surface area contributed by atoms with E-state index in [0.717, 1.165) is 12.0 Å². The number of carbonyl (C=O) groups excluding carboxylic acids is 1. The molecule has 3 aromatic rings. The first kappa shape index (κ1) is 16.2. The maximum atomic E-state index is 13.1. The first-order valence-corrected chi connectivity index (χ1v) is 8.60. The Balaban J connectivity index is 1.97. The number of rotatable bonds is 2. The Labute approximate surface area is 153 Å². The number of hydrogen-bond acceptors (Lipinski definition) is 3. The molecule has 126 valence electrons. The highest BCUT2D eigenvalue weighted by molar-refractivity contribution is 6.42. The molecule has 6 heteroatoms. The minimum absolute atomic E-state index is 0.0535. The van der Waals surface area contributed by atoms with Crippen molar-refractivity contribution in [1.29, 1.82) is 0 Å². The van der Waals surface area contributed by atoms with Crippen molar-refractivity contribution in [2.75, 3.05) is 0 Å². The molecule has 1 aliphatic heterocycles. The van der Waals surface area contributed by atoms with Crippen molar-refractivity contribution in [1.82, 2.24) is 5.32 Å². The predicted molar refractivity (Wildman–Crippen MR) is 97.6 cm³/mol. The van der Waals surface area contributed by atoms with Gasteiger partial charge in [0.1, 0.15) is 5.58 Å². The van der Waals surface area contributed by atoms with E-state index in [0.29, 0.717) is 32.1 Å². The number of nitrogens with one attached hydrogen (secondary N) is 1. The molecule has 1 aliphatic rings. The quantitative estimate of drug-likeness (QED) is 0.719. The molecular formula is C19H13Cl2NO3. The molecule has 0 radical (unpaired) electrons. The van der Waals surface area contributed by atoms with Gasteiger partial charge in [0.2, 0.25) is 5.76 Å². The van der Waals surface area contributed by atoms with Gasteiger partial charge in [0.15, 0.2) is 5.43 Å². The summed E-state index contributed by atoms with van der Waals surface area (Å²) in [5.41, 5.74) is 2.22. The number of aryl methyl sites for hydroxylation is 1. The van der Waals surface area contributed by atoms with E-state index in [9.17, 15) is 9.59 Å². The second-order valence-corrected chi connectivity index (χ2v) is 6.75. The molecule has 2 aromatic carbocycles. The van der Waals surface area contributed by atoms with E-state index in [1.807, 2.05) is 19.1 Å². The molecule has 2 heterocycles. The second kappa shape index (κ2) is 5.90. The van der Waals surface area contributed by atoms with Gasteiger partial charge in [-0.15, -0.1) is 0 Å². The van der Waals surface area contributed by atoms with Gasteiger partial charge in [0.25, 0.3) is 5.91 Å². The van der Waals surface area contributed by atoms with E-state index in [2.05, 4.69) is 5.32 Å². The third-order valence-electron chi connectivity index (χ3n) is 4.45. The maximum Gasteiger partial charge on any atom is 0.288 e. The largest absolute Gasteiger partial charge is 0.450 e. The monoisotopic (exact) mass is 373 g/mol. The van der Waals surface area contributed by atoms with Crippen LogP contribution in [0, 0.1) is 0 Å². The number of halogens is 2. The topological polar surface area (TPSA) is 59.3 Å². The lowest BCUT2D eigenvalue weighted by atomic mass is 9.98. The van der Waals surface area contributed by atoms with Crippen molar-refractivity contribution < 1.29 is 9.21 Å². The van der Waals surface area contributed by atoms with E-state index in [1.165, 1.54) is 0 Å². The molecule has 1 aromatic heterocycles. The Morgan fingerprint density at radius 3 is 2.60 bits per heavy atom. The summed E-state index contributed by atoms with van der Waals surface area (Å²) in [6, 6.07) is 9.85. The van der Waals surface area contributed by atoms with Crippen LogP contribution in [0.1, 0.15) is 40.2 Å². The first-order chi connectivity index (χ1) is 12.0. The van der Waals surface area contributed by atoms with Crippen LogP contribution in [-0.2, 0) is 6.42 Å². The van der Waals surface area contributed by atoms with E-state index in [1.54, 1.807) is 24.3 Å². The van der Waals surface area contributed by atoms with Gasteiger partial charge in [-0.25, -0.2) is 0 Å². The maximum absolute atomic E-state index is 13.1. The average molecular weight is 374 g/mol. The van der Waals surface area contributed by atoms with Crippen LogP contribution in [0.3, 0.4) is 0 Å². The van der Waals surface area contributed by atoms with Crippen molar-refractivity contribution in [2.45, 2.75) is 19.4 Å². The van der Waals surface area contributed by atoms with Gasteiger partial charge in [-0.05, 0) is 41.8 Å². The Hall–Kier alpha value is -2.30. The molecule has 1 unspecified atom stereocenters. The zero-order valence-electron chi connectivity index (χ0n) is 13.2. The summed E-state index contributed by atoms with van der Waals surface area (Å²) in [5, 5.41) is 4.04. The molecule has 0 spiro atoms. The van der Waals surface area contributed by atoms with Gasteiger partial charge in [-0.3, -0.25) is 9.59 Å². The summed E-state index contributed by atoms with van der Waals surface area (Å²) in [6.07, 6.45) is 0.805. The summed E-state index contributed by atoms with van der Waals surface area (Å²) in [7, 11) is 0. The predicted octanol–water partition coefficient (Wildman–Crippen LogP) is 4.50. The lowest BCUT2D eigenvalue weighted by Gasteiger charge is -2.12. The van der Waals surface area contributed by atoms with Crippen LogP contribution in [-0.4, -0.2) is 5.91 Å². The summed E-state index contributed by atoms with van der Waals surface area (Å²) in [5.74, 6) is -0.359. The lowest BCUT2D eigenvalue weighted by molar-refractivity contribution is 0.0938. The van der Waals surface area contributed by atoms with Gasteiger partial charge >= 0.3 is 0 Å². The third kappa shape index (κ3) is 2.53. The van der Waals surface area contributed by atoms with Gasteiger partial charge < -0.3 is 9.73 Å². The standard InChI is InChI=1S/C19H13Cl2NO3/c1-2-9-3-6-14-11(7-9)17(23)15-16(22-19(24)18(15)25-14)10-4-5-12(20)13(21)8-10/h3-8,16H,2H2,1H3,(H,22,24). The molecule has 25 heavy (non-hydrogen) atoms. The minimum atomic E-state index is -0.608. The van der Waals surface area contributed by atoms with Gasteiger partial charge in [-0.1, -0.05) is 42.3 Å².